The van der Waals surface area contributed by atoms with Gasteiger partial charge < -0.3 is 0 Å². The molecule has 2 aromatic carbocycles. The van der Waals surface area contributed by atoms with Crippen molar-refractivity contribution in [1.82, 2.24) is 4.83 Å². The third kappa shape index (κ3) is 4.42. The van der Waals surface area contributed by atoms with Crippen LogP contribution in [0.15, 0.2) is 58.5 Å². The van der Waals surface area contributed by atoms with Gasteiger partial charge in [0.2, 0.25) is 0 Å². The normalized spacial score (nSPS) is 12.5. The number of aryl methyl sites for hydroxylation is 1. The summed E-state index contributed by atoms with van der Waals surface area (Å²) in [5.41, 5.74) is 3.76. The molecule has 2 aromatic rings. The first kappa shape index (κ1) is 17.2. The topological polar surface area (TPSA) is 58.5 Å². The maximum Gasteiger partial charge on any atom is 0.276 e. The first-order valence-corrected chi connectivity index (χ1v) is 9.01. The van der Waals surface area contributed by atoms with Gasteiger partial charge in [0, 0.05) is 0 Å². The van der Waals surface area contributed by atoms with E-state index in [1.807, 2.05) is 31.2 Å². The van der Waals surface area contributed by atoms with Gasteiger partial charge in [0.15, 0.2) is 0 Å². The molecular weight excluding hydrogens is 308 g/mol. The summed E-state index contributed by atoms with van der Waals surface area (Å²) in [6.07, 6.45) is 0. The smallest absolute Gasteiger partial charge is 0.200 e. The number of benzene rings is 2. The fourth-order valence-electron chi connectivity index (χ4n) is 2.07. The zero-order valence-corrected chi connectivity index (χ0v) is 14.7. The van der Waals surface area contributed by atoms with Gasteiger partial charge in [-0.1, -0.05) is 55.8 Å². The van der Waals surface area contributed by atoms with Crippen LogP contribution in [0.4, 0.5) is 0 Å². The van der Waals surface area contributed by atoms with Gasteiger partial charge in [-0.3, -0.25) is 0 Å². The molecule has 0 saturated heterocycles. The van der Waals surface area contributed by atoms with Gasteiger partial charge in [-0.15, -0.1) is 0 Å². The third-order valence-electron chi connectivity index (χ3n) is 3.66. The SMILES string of the molecule is C/C(=N\NS(=O)(=O)c1ccc(C)cc1)c1ccc(C(C)C)cc1. The number of nitrogens with zero attached hydrogens (tertiary/aromatic N) is 1. The summed E-state index contributed by atoms with van der Waals surface area (Å²) in [4.78, 5) is 2.49. The number of hydrogen-bond acceptors (Lipinski definition) is 3. The zero-order chi connectivity index (χ0) is 17.0. The Balaban J connectivity index is 2.16. The highest BCUT2D eigenvalue weighted by molar-refractivity contribution is 7.89. The van der Waals surface area contributed by atoms with Crippen molar-refractivity contribution in [3.05, 3.63) is 65.2 Å². The van der Waals surface area contributed by atoms with E-state index >= 15 is 0 Å². The maximum absolute atomic E-state index is 12.2. The standard InChI is InChI=1S/C18H22N2O2S/c1-13(2)16-7-9-17(10-8-16)15(4)19-20-23(21,22)18-11-5-14(3)6-12-18/h5-13,20H,1-4H3/b19-15+. The Morgan fingerprint density at radius 3 is 2.09 bits per heavy atom. The van der Waals surface area contributed by atoms with Crippen LogP contribution in [0.25, 0.3) is 0 Å². The molecule has 0 unspecified atom stereocenters. The molecule has 0 amide bonds. The van der Waals surface area contributed by atoms with Gasteiger partial charge in [0.05, 0.1) is 10.6 Å². The van der Waals surface area contributed by atoms with E-state index in [-0.39, 0.29) is 4.90 Å². The van der Waals surface area contributed by atoms with E-state index < -0.39 is 10.0 Å². The van der Waals surface area contributed by atoms with Gasteiger partial charge in [-0.2, -0.15) is 18.4 Å². The van der Waals surface area contributed by atoms with Crippen molar-refractivity contribution in [3.8, 4) is 0 Å². The van der Waals surface area contributed by atoms with Crippen molar-refractivity contribution in [2.75, 3.05) is 0 Å². The van der Waals surface area contributed by atoms with Crippen molar-refractivity contribution >= 4 is 15.7 Å². The van der Waals surface area contributed by atoms with Crippen LogP contribution < -0.4 is 4.83 Å². The van der Waals surface area contributed by atoms with Crippen molar-refractivity contribution in [3.63, 3.8) is 0 Å². The lowest BCUT2D eigenvalue weighted by atomic mass is 10.0. The minimum absolute atomic E-state index is 0.204. The molecule has 0 atom stereocenters. The van der Waals surface area contributed by atoms with Crippen LogP contribution in [0.2, 0.25) is 0 Å². The predicted molar refractivity (Wildman–Crippen MR) is 94.2 cm³/mol. The average Bonchev–Trinajstić information content (AvgIpc) is 2.53. The molecule has 122 valence electrons. The van der Waals surface area contributed by atoms with E-state index in [4.69, 9.17) is 0 Å². The highest BCUT2D eigenvalue weighted by atomic mass is 32.2. The van der Waals surface area contributed by atoms with E-state index in [9.17, 15) is 8.42 Å². The number of hydrogen-bond donors (Lipinski definition) is 1. The van der Waals surface area contributed by atoms with Crippen molar-refractivity contribution in [2.24, 2.45) is 5.10 Å². The number of hydrazone groups is 1. The van der Waals surface area contributed by atoms with Crippen LogP contribution in [0.1, 0.15) is 43.4 Å². The van der Waals surface area contributed by atoms with Gasteiger partial charge in [0.25, 0.3) is 10.0 Å². The molecule has 0 heterocycles. The van der Waals surface area contributed by atoms with Crippen molar-refractivity contribution in [2.45, 2.75) is 38.5 Å². The molecule has 0 bridgehead atoms. The summed E-state index contributed by atoms with van der Waals surface area (Å²) >= 11 is 0. The second-order valence-electron chi connectivity index (χ2n) is 5.88. The fourth-order valence-corrected chi connectivity index (χ4v) is 2.93. The quantitative estimate of drug-likeness (QED) is 0.669. The third-order valence-corrected chi connectivity index (χ3v) is 4.88. The largest absolute Gasteiger partial charge is 0.276 e. The lowest BCUT2D eigenvalue weighted by molar-refractivity contribution is 0.584. The summed E-state index contributed by atoms with van der Waals surface area (Å²) in [6.45, 7) is 7.95. The molecule has 4 nitrogen and oxygen atoms in total. The summed E-state index contributed by atoms with van der Waals surface area (Å²) in [5.74, 6) is 0.460. The van der Waals surface area contributed by atoms with Crippen LogP contribution in [0.3, 0.4) is 0 Å². The molecule has 0 radical (unpaired) electrons. The van der Waals surface area contributed by atoms with Gasteiger partial charge in [-0.25, -0.2) is 0 Å². The van der Waals surface area contributed by atoms with Crippen molar-refractivity contribution in [1.29, 1.82) is 0 Å². The van der Waals surface area contributed by atoms with Gasteiger partial charge in [-0.05, 0) is 43.0 Å². The zero-order valence-electron chi connectivity index (χ0n) is 13.9. The first-order valence-electron chi connectivity index (χ1n) is 7.52. The van der Waals surface area contributed by atoms with Gasteiger partial charge in [0.1, 0.15) is 0 Å². The molecular formula is C18H22N2O2S. The molecule has 0 aliphatic heterocycles. The number of sulfonamides is 1. The molecule has 2 rings (SSSR count). The first-order chi connectivity index (χ1) is 10.8. The number of rotatable bonds is 5. The van der Waals surface area contributed by atoms with Crippen LogP contribution >= 0.6 is 0 Å². The lowest BCUT2D eigenvalue weighted by Gasteiger charge is -2.08. The van der Waals surface area contributed by atoms with E-state index in [0.717, 1.165) is 11.1 Å². The van der Waals surface area contributed by atoms with Crippen LogP contribution in [0.5, 0.6) is 0 Å². The molecule has 5 heteroatoms. The Morgan fingerprint density at radius 1 is 1.00 bits per heavy atom. The Bertz CT molecular complexity index is 790. The minimum Gasteiger partial charge on any atom is -0.200 e. The van der Waals surface area contributed by atoms with Crippen molar-refractivity contribution < 1.29 is 8.42 Å². The maximum atomic E-state index is 12.2. The van der Waals surface area contributed by atoms with E-state index in [1.165, 1.54) is 5.56 Å². The van der Waals surface area contributed by atoms with Crippen LogP contribution in [-0.2, 0) is 10.0 Å². The molecule has 0 saturated carbocycles. The summed E-state index contributed by atoms with van der Waals surface area (Å²) < 4.78 is 24.4. The molecule has 0 aromatic heterocycles. The number of nitrogens with one attached hydrogen (secondary N) is 1. The van der Waals surface area contributed by atoms with E-state index in [2.05, 4.69) is 23.8 Å². The summed E-state index contributed by atoms with van der Waals surface area (Å²) in [5, 5.41) is 4.02. The highest BCUT2D eigenvalue weighted by Crippen LogP contribution is 2.15. The molecule has 0 aliphatic carbocycles. The second kappa shape index (κ2) is 6.96. The average molecular weight is 330 g/mol. The second-order valence-corrected chi connectivity index (χ2v) is 7.54. The predicted octanol–water partition coefficient (Wildman–Crippen LogP) is 3.82. The highest BCUT2D eigenvalue weighted by Gasteiger charge is 2.12. The minimum atomic E-state index is -3.64. The molecule has 0 fully saturated rings. The molecule has 1 N–H and O–H groups in total. The van der Waals surface area contributed by atoms with Crippen LogP contribution in [-0.4, -0.2) is 14.1 Å². The Labute approximate surface area is 138 Å². The summed E-state index contributed by atoms with van der Waals surface area (Å²) in [6, 6.07) is 14.6. The molecule has 0 aliphatic rings. The molecule has 23 heavy (non-hydrogen) atoms. The Morgan fingerprint density at radius 2 is 1.57 bits per heavy atom. The van der Waals surface area contributed by atoms with E-state index in [0.29, 0.717) is 11.6 Å². The summed E-state index contributed by atoms with van der Waals surface area (Å²) in [7, 11) is -3.64. The van der Waals surface area contributed by atoms with Gasteiger partial charge >= 0.3 is 0 Å². The lowest BCUT2D eigenvalue weighted by Crippen LogP contribution is -2.20. The fraction of sp³-hybridized carbons (Fsp3) is 0.278. The monoisotopic (exact) mass is 330 g/mol. The Kier molecular flexibility index (Phi) is 5.21. The Hall–Kier alpha value is -2.14. The van der Waals surface area contributed by atoms with Crippen LogP contribution in [0, 0.1) is 6.92 Å². The molecule has 0 spiro atoms. The van der Waals surface area contributed by atoms with E-state index in [1.54, 1.807) is 31.2 Å².